The summed E-state index contributed by atoms with van der Waals surface area (Å²) in [6.45, 7) is 7.45. The van der Waals surface area contributed by atoms with E-state index >= 15 is 0 Å². The molecule has 4 nitrogen and oxygen atoms in total. The molecule has 2 aliphatic rings. The van der Waals surface area contributed by atoms with Crippen molar-refractivity contribution >= 4 is 22.7 Å². The van der Waals surface area contributed by atoms with Crippen molar-refractivity contribution in [3.05, 3.63) is 58.3 Å². The van der Waals surface area contributed by atoms with Crippen molar-refractivity contribution in [2.24, 2.45) is 0 Å². The van der Waals surface area contributed by atoms with E-state index in [0.29, 0.717) is 26.4 Å². The Kier molecular flexibility index (Phi) is 22.5. The van der Waals surface area contributed by atoms with Crippen LogP contribution in [0.4, 0.5) is 0 Å². The topological polar surface area (TPSA) is 36.9 Å². The van der Waals surface area contributed by atoms with Crippen LogP contribution in [0.2, 0.25) is 0 Å². The van der Waals surface area contributed by atoms with Gasteiger partial charge in [0.25, 0.3) is 0 Å². The second kappa shape index (κ2) is 28.8. The predicted octanol–water partition coefficient (Wildman–Crippen LogP) is 18.4. The SMILES string of the molecule is CCCCCCCCCCCCc1cc2c3c(c1)OCCCCCCOc1cc(CCCCCCCCCCCC)cc(c1-c1ccsc1-c1sccc1-3)OCCCCCCO2. The maximum Gasteiger partial charge on any atom is 0.131 e. The van der Waals surface area contributed by atoms with Crippen LogP contribution in [0, 0.1) is 0 Å². The van der Waals surface area contributed by atoms with E-state index in [1.54, 1.807) is 0 Å². The van der Waals surface area contributed by atoms with Gasteiger partial charge in [0, 0.05) is 11.1 Å². The monoisotopic (exact) mass is 883 g/mol. The molecule has 0 aliphatic carbocycles. The van der Waals surface area contributed by atoms with E-state index in [-0.39, 0.29) is 0 Å². The van der Waals surface area contributed by atoms with Crippen molar-refractivity contribution in [1.29, 1.82) is 0 Å². The maximum absolute atomic E-state index is 6.86. The molecule has 0 unspecified atom stereocenters. The first kappa shape index (κ1) is 48.5. The first-order chi connectivity index (χ1) is 30.8. The fourth-order valence-corrected chi connectivity index (χ4v) is 11.4. The molecule has 2 bridgehead atoms. The number of hydrogen-bond acceptors (Lipinski definition) is 6. The largest absolute Gasteiger partial charge is 0.493 e. The lowest BCUT2D eigenvalue weighted by Crippen LogP contribution is -2.07. The van der Waals surface area contributed by atoms with Crippen LogP contribution >= 0.6 is 22.7 Å². The van der Waals surface area contributed by atoms with Crippen molar-refractivity contribution in [2.75, 3.05) is 26.4 Å². The first-order valence-electron chi connectivity index (χ1n) is 25.8. The molecule has 4 heterocycles. The Hall–Kier alpha value is -2.96. The van der Waals surface area contributed by atoms with E-state index in [0.717, 1.165) is 98.3 Å². The minimum Gasteiger partial charge on any atom is -0.493 e. The van der Waals surface area contributed by atoms with Gasteiger partial charge in [-0.15, -0.1) is 22.7 Å². The van der Waals surface area contributed by atoms with Gasteiger partial charge in [-0.25, -0.2) is 0 Å². The van der Waals surface area contributed by atoms with Crippen LogP contribution in [0.15, 0.2) is 47.2 Å². The third-order valence-electron chi connectivity index (χ3n) is 13.1. The van der Waals surface area contributed by atoms with Crippen LogP contribution in [0.25, 0.3) is 32.0 Å². The summed E-state index contributed by atoms with van der Waals surface area (Å²) in [4.78, 5) is 2.52. The Labute approximate surface area is 385 Å². The van der Waals surface area contributed by atoms with Crippen molar-refractivity contribution in [1.82, 2.24) is 0 Å². The van der Waals surface area contributed by atoms with Crippen LogP contribution in [0.5, 0.6) is 23.0 Å². The van der Waals surface area contributed by atoms with Gasteiger partial charge >= 0.3 is 0 Å². The zero-order chi connectivity index (χ0) is 42.9. The highest BCUT2D eigenvalue weighted by Crippen LogP contribution is 2.53. The third-order valence-corrected chi connectivity index (χ3v) is 15.1. The molecule has 0 fully saturated rings. The molecule has 342 valence electrons. The summed E-state index contributed by atoms with van der Waals surface area (Å²) in [5.41, 5.74) is 7.33. The highest BCUT2D eigenvalue weighted by molar-refractivity contribution is 7.21. The summed E-state index contributed by atoms with van der Waals surface area (Å²) < 4.78 is 27.4. The van der Waals surface area contributed by atoms with Gasteiger partial charge in [0.15, 0.2) is 0 Å². The summed E-state index contributed by atoms with van der Waals surface area (Å²) >= 11 is 3.65. The van der Waals surface area contributed by atoms with Crippen molar-refractivity contribution in [3.63, 3.8) is 0 Å². The average Bonchev–Trinajstić information content (AvgIpc) is 3.96. The number of hydrogen-bond donors (Lipinski definition) is 0. The van der Waals surface area contributed by atoms with E-state index < -0.39 is 0 Å². The lowest BCUT2D eigenvalue weighted by molar-refractivity contribution is 0.275. The molecule has 0 spiro atoms. The molecule has 0 saturated heterocycles. The molecule has 2 aliphatic heterocycles. The highest BCUT2D eigenvalue weighted by Gasteiger charge is 2.26. The van der Waals surface area contributed by atoms with Gasteiger partial charge in [0.05, 0.1) is 47.3 Å². The minimum atomic E-state index is 0.713. The van der Waals surface area contributed by atoms with Crippen molar-refractivity contribution < 1.29 is 18.9 Å². The molecular weight excluding hydrogens is 801 g/mol. The number of unbranched alkanes of at least 4 members (excludes halogenated alkanes) is 18. The molecule has 0 radical (unpaired) electrons. The second-order valence-electron chi connectivity index (χ2n) is 18.3. The Morgan fingerprint density at radius 2 is 0.661 bits per heavy atom. The third kappa shape index (κ3) is 15.6. The lowest BCUT2D eigenvalue weighted by atomic mass is 9.95. The zero-order valence-electron chi connectivity index (χ0n) is 39.1. The highest BCUT2D eigenvalue weighted by atomic mass is 32.1. The molecule has 4 aromatic rings. The standard InChI is InChI=1S/C56H82O4S2/c1-3-5-7-9-11-13-15-17-19-25-31-45-41-49-53-47-33-39-61-55(47)56-48(34-40-62-56)54-51(59-37-29-23-21-27-35-57-49)43-46(32-26-20-18-16-14-12-10-8-6-4-2)44-52(54)60-38-30-24-22-28-36-58-50(53)42-45/h33-34,39-44H,3-32,35-38H2,1-2H3. The smallest absolute Gasteiger partial charge is 0.131 e. The Morgan fingerprint density at radius 1 is 0.371 bits per heavy atom. The van der Waals surface area contributed by atoms with Gasteiger partial charge < -0.3 is 18.9 Å². The lowest BCUT2D eigenvalue weighted by Gasteiger charge is -2.21. The first-order valence-corrected chi connectivity index (χ1v) is 27.5. The van der Waals surface area contributed by atoms with Crippen LogP contribution in [0.1, 0.15) is 205 Å². The Morgan fingerprint density at radius 3 is 0.968 bits per heavy atom. The molecule has 62 heavy (non-hydrogen) atoms. The average molecular weight is 883 g/mol. The molecule has 0 amide bonds. The summed E-state index contributed by atoms with van der Waals surface area (Å²) in [7, 11) is 0. The number of ether oxygens (including phenoxy) is 4. The zero-order valence-corrected chi connectivity index (χ0v) is 40.7. The second-order valence-corrected chi connectivity index (χ2v) is 20.2. The number of benzene rings is 2. The maximum atomic E-state index is 6.86. The van der Waals surface area contributed by atoms with Crippen LogP contribution in [-0.2, 0) is 12.8 Å². The fourth-order valence-electron chi connectivity index (χ4n) is 9.40. The summed E-state index contributed by atoms with van der Waals surface area (Å²) in [5.74, 6) is 3.94. The molecule has 0 atom stereocenters. The van der Waals surface area contributed by atoms with Crippen LogP contribution in [0.3, 0.4) is 0 Å². The van der Waals surface area contributed by atoms with E-state index in [2.05, 4.69) is 61.0 Å². The number of rotatable bonds is 22. The fraction of sp³-hybridized carbons (Fsp3) is 0.643. The van der Waals surface area contributed by atoms with Gasteiger partial charge in [0.2, 0.25) is 0 Å². The van der Waals surface area contributed by atoms with Gasteiger partial charge in [-0.1, -0.05) is 129 Å². The Bertz CT molecular complexity index is 1630. The van der Waals surface area contributed by atoms with Gasteiger partial charge in [-0.05, 0) is 135 Å². The van der Waals surface area contributed by atoms with Gasteiger partial charge in [-0.3, -0.25) is 0 Å². The van der Waals surface area contributed by atoms with E-state index in [9.17, 15) is 0 Å². The predicted molar refractivity (Wildman–Crippen MR) is 269 cm³/mol. The number of thiophene rings is 2. The van der Waals surface area contributed by atoms with E-state index in [1.807, 2.05) is 22.7 Å². The molecular formula is C56H82O4S2. The van der Waals surface area contributed by atoms with Crippen LogP contribution < -0.4 is 18.9 Å². The summed E-state index contributed by atoms with van der Waals surface area (Å²) in [5, 5.41) is 4.51. The molecule has 6 heteroatoms. The molecule has 6 rings (SSSR count). The normalized spacial score (nSPS) is 14.8. The van der Waals surface area contributed by atoms with Gasteiger partial charge in [0.1, 0.15) is 23.0 Å². The molecule has 0 saturated carbocycles. The van der Waals surface area contributed by atoms with E-state index in [4.69, 9.17) is 18.9 Å². The van der Waals surface area contributed by atoms with Gasteiger partial charge in [-0.2, -0.15) is 0 Å². The molecule has 2 aromatic heterocycles. The summed E-state index contributed by atoms with van der Waals surface area (Å²) in [6.07, 6.45) is 37.8. The molecule has 2 aromatic carbocycles. The number of aryl methyl sites for hydroxylation is 2. The summed E-state index contributed by atoms with van der Waals surface area (Å²) in [6, 6.07) is 14.0. The van der Waals surface area contributed by atoms with E-state index in [1.165, 1.54) is 160 Å². The van der Waals surface area contributed by atoms with Crippen molar-refractivity contribution in [2.45, 2.75) is 206 Å². The van der Waals surface area contributed by atoms with Crippen molar-refractivity contribution in [3.8, 4) is 55.0 Å². The molecule has 0 N–H and O–H groups in total. The van der Waals surface area contributed by atoms with Crippen LogP contribution in [-0.4, -0.2) is 26.4 Å². The quantitative estimate of drug-likeness (QED) is 0.0737. The Balaban J connectivity index is 1.28. The minimum absolute atomic E-state index is 0.713.